The van der Waals surface area contributed by atoms with Crippen LogP contribution in [0.2, 0.25) is 0 Å². The lowest BCUT2D eigenvalue weighted by molar-refractivity contribution is 0.0949. The highest BCUT2D eigenvalue weighted by molar-refractivity contribution is 5.95. The molecule has 0 saturated carbocycles. The first-order valence-electron chi connectivity index (χ1n) is 9.43. The molecule has 3 heteroatoms. The zero-order chi connectivity index (χ0) is 17.5. The molecule has 1 N–H and O–H groups in total. The molecule has 24 heavy (non-hydrogen) atoms. The van der Waals surface area contributed by atoms with Gasteiger partial charge in [-0.2, -0.15) is 0 Å². The summed E-state index contributed by atoms with van der Waals surface area (Å²) in [5, 5.41) is 3.07. The highest BCUT2D eigenvalue weighted by Gasteiger charge is 2.16. The SMILES string of the molecule is CCC1=C(C)CCCc2ccc(C(=O)NCCN(CC)CC)cc21.[HH]. The van der Waals surface area contributed by atoms with Crippen molar-refractivity contribution in [3.63, 3.8) is 0 Å². The third-order valence-corrected chi connectivity index (χ3v) is 5.17. The zero-order valence-electron chi connectivity index (χ0n) is 15.7. The van der Waals surface area contributed by atoms with Gasteiger partial charge in [-0.25, -0.2) is 0 Å². The van der Waals surface area contributed by atoms with Crippen LogP contribution in [0, 0.1) is 0 Å². The minimum Gasteiger partial charge on any atom is -0.351 e. The number of benzene rings is 1. The number of carbonyl (C=O) groups is 1. The van der Waals surface area contributed by atoms with Gasteiger partial charge in [0.05, 0.1) is 0 Å². The molecule has 1 aromatic rings. The van der Waals surface area contributed by atoms with E-state index in [0.717, 1.165) is 38.0 Å². The molecule has 0 bridgehead atoms. The lowest BCUT2D eigenvalue weighted by atomic mass is 9.93. The van der Waals surface area contributed by atoms with Crippen molar-refractivity contribution < 1.29 is 6.22 Å². The Morgan fingerprint density at radius 2 is 1.96 bits per heavy atom. The predicted octanol–water partition coefficient (Wildman–Crippen LogP) is 4.52. The van der Waals surface area contributed by atoms with Crippen molar-refractivity contribution in [3.8, 4) is 0 Å². The van der Waals surface area contributed by atoms with E-state index < -0.39 is 0 Å². The fourth-order valence-electron chi connectivity index (χ4n) is 3.60. The van der Waals surface area contributed by atoms with E-state index in [9.17, 15) is 4.79 Å². The molecule has 0 atom stereocenters. The van der Waals surface area contributed by atoms with Gasteiger partial charge in [0.1, 0.15) is 0 Å². The predicted molar refractivity (Wildman–Crippen MR) is 105 cm³/mol. The number of aryl methyl sites for hydroxylation is 1. The van der Waals surface area contributed by atoms with E-state index in [0.29, 0.717) is 6.54 Å². The maximum absolute atomic E-state index is 12.5. The quantitative estimate of drug-likeness (QED) is 0.797. The van der Waals surface area contributed by atoms with Crippen molar-refractivity contribution in [1.82, 2.24) is 10.2 Å². The molecule has 0 radical (unpaired) electrons. The monoisotopic (exact) mass is 330 g/mol. The third-order valence-electron chi connectivity index (χ3n) is 5.17. The number of amides is 1. The Morgan fingerprint density at radius 3 is 2.62 bits per heavy atom. The first-order chi connectivity index (χ1) is 11.6. The number of fused-ring (bicyclic) bond motifs is 1. The number of allylic oxidation sites excluding steroid dienone is 2. The fraction of sp³-hybridized carbons (Fsp3) is 0.571. The Morgan fingerprint density at radius 1 is 1.21 bits per heavy atom. The molecule has 3 nitrogen and oxygen atoms in total. The summed E-state index contributed by atoms with van der Waals surface area (Å²) in [4.78, 5) is 14.8. The Hall–Kier alpha value is -1.61. The van der Waals surface area contributed by atoms with Crippen molar-refractivity contribution >= 4 is 11.5 Å². The minimum atomic E-state index is 0. The average Bonchev–Trinajstić information content (AvgIpc) is 2.75. The van der Waals surface area contributed by atoms with Gasteiger partial charge in [0, 0.05) is 20.1 Å². The highest BCUT2D eigenvalue weighted by atomic mass is 16.1. The molecule has 1 amide bonds. The van der Waals surface area contributed by atoms with Crippen molar-refractivity contribution in [2.75, 3.05) is 26.2 Å². The van der Waals surface area contributed by atoms with Gasteiger partial charge in [-0.15, -0.1) is 0 Å². The van der Waals surface area contributed by atoms with Crippen LogP contribution in [-0.4, -0.2) is 37.0 Å². The van der Waals surface area contributed by atoms with Crippen LogP contribution in [0.5, 0.6) is 0 Å². The lowest BCUT2D eigenvalue weighted by Crippen LogP contribution is -2.34. The highest BCUT2D eigenvalue weighted by Crippen LogP contribution is 2.32. The molecule has 1 aromatic carbocycles. The molecule has 134 valence electrons. The summed E-state index contributed by atoms with van der Waals surface area (Å²) >= 11 is 0. The standard InChI is InChI=1S/C21H32N2O.H2/c1-5-19-16(4)9-8-10-17-11-12-18(15-20(17)19)21(24)22-13-14-23(6-2)7-3;/h11-12,15H,5-10,13-14H2,1-4H3,(H,22,24);1H. The lowest BCUT2D eigenvalue weighted by Gasteiger charge is -2.18. The average molecular weight is 331 g/mol. The van der Waals surface area contributed by atoms with E-state index in [1.807, 2.05) is 6.07 Å². The normalized spacial score (nSPS) is 14.5. The van der Waals surface area contributed by atoms with Crippen LogP contribution in [0.3, 0.4) is 0 Å². The topological polar surface area (TPSA) is 32.3 Å². The molecule has 0 aliphatic heterocycles. The fourth-order valence-corrected chi connectivity index (χ4v) is 3.60. The summed E-state index contributed by atoms with van der Waals surface area (Å²) < 4.78 is 0. The van der Waals surface area contributed by atoms with E-state index in [1.165, 1.54) is 35.1 Å². The van der Waals surface area contributed by atoms with Crippen molar-refractivity contribution in [2.24, 2.45) is 0 Å². The molecule has 0 spiro atoms. The zero-order valence-corrected chi connectivity index (χ0v) is 15.7. The van der Waals surface area contributed by atoms with Gasteiger partial charge in [-0.1, -0.05) is 32.4 Å². The van der Waals surface area contributed by atoms with E-state index in [4.69, 9.17) is 0 Å². The molecule has 2 rings (SSSR count). The van der Waals surface area contributed by atoms with Gasteiger partial charge in [0.15, 0.2) is 0 Å². The van der Waals surface area contributed by atoms with E-state index in [-0.39, 0.29) is 7.33 Å². The van der Waals surface area contributed by atoms with E-state index in [1.54, 1.807) is 0 Å². The second-order valence-electron chi connectivity index (χ2n) is 6.62. The first-order valence-corrected chi connectivity index (χ1v) is 9.43. The van der Waals surface area contributed by atoms with Crippen molar-refractivity contribution in [1.29, 1.82) is 0 Å². The van der Waals surface area contributed by atoms with Gasteiger partial charge in [-0.05, 0) is 74.5 Å². The molecule has 1 aliphatic carbocycles. The molecular formula is C21H34N2O. The van der Waals surface area contributed by atoms with Crippen LogP contribution in [-0.2, 0) is 6.42 Å². The summed E-state index contributed by atoms with van der Waals surface area (Å²) in [5.74, 6) is 0.0438. The van der Waals surface area contributed by atoms with Crippen molar-refractivity contribution in [2.45, 2.75) is 53.4 Å². The number of hydrogen-bond acceptors (Lipinski definition) is 2. The maximum atomic E-state index is 12.5. The third kappa shape index (κ3) is 4.47. The Kier molecular flexibility index (Phi) is 7.04. The van der Waals surface area contributed by atoms with Crippen LogP contribution in [0.25, 0.3) is 5.57 Å². The van der Waals surface area contributed by atoms with Gasteiger partial charge in [0.25, 0.3) is 5.91 Å². The second kappa shape index (κ2) is 9.03. The Bertz CT molecular complexity index is 606. The van der Waals surface area contributed by atoms with Crippen LogP contribution < -0.4 is 5.32 Å². The Labute approximate surface area is 148 Å². The molecule has 0 heterocycles. The molecule has 0 fully saturated rings. The summed E-state index contributed by atoms with van der Waals surface area (Å²) in [5.41, 5.74) is 6.39. The Balaban J connectivity index is 0.00000312. The van der Waals surface area contributed by atoms with Gasteiger partial charge in [0.2, 0.25) is 0 Å². The first kappa shape index (κ1) is 18.7. The smallest absolute Gasteiger partial charge is 0.251 e. The second-order valence-corrected chi connectivity index (χ2v) is 6.62. The molecular weight excluding hydrogens is 296 g/mol. The molecule has 0 aromatic heterocycles. The van der Waals surface area contributed by atoms with E-state index in [2.05, 4.69) is 50.0 Å². The van der Waals surface area contributed by atoms with E-state index >= 15 is 0 Å². The summed E-state index contributed by atoms with van der Waals surface area (Å²) in [6.07, 6.45) is 4.52. The summed E-state index contributed by atoms with van der Waals surface area (Å²) in [6.45, 7) is 12.4. The van der Waals surface area contributed by atoms with Gasteiger partial charge in [-0.3, -0.25) is 4.79 Å². The van der Waals surface area contributed by atoms with Crippen LogP contribution in [0.1, 0.15) is 69.9 Å². The number of hydrogen-bond donors (Lipinski definition) is 1. The summed E-state index contributed by atoms with van der Waals surface area (Å²) in [6, 6.07) is 6.25. The van der Waals surface area contributed by atoms with Crippen LogP contribution in [0.4, 0.5) is 0 Å². The van der Waals surface area contributed by atoms with Crippen LogP contribution >= 0.6 is 0 Å². The number of carbonyl (C=O) groups excluding carboxylic acids is 1. The largest absolute Gasteiger partial charge is 0.351 e. The number of likely N-dealkylation sites (N-methyl/N-ethyl adjacent to an activating group) is 1. The van der Waals surface area contributed by atoms with Crippen LogP contribution in [0.15, 0.2) is 23.8 Å². The number of rotatable bonds is 7. The van der Waals surface area contributed by atoms with Gasteiger partial charge >= 0.3 is 0 Å². The van der Waals surface area contributed by atoms with Crippen molar-refractivity contribution in [3.05, 3.63) is 40.5 Å². The molecule has 0 unspecified atom stereocenters. The van der Waals surface area contributed by atoms with Gasteiger partial charge < -0.3 is 10.2 Å². The number of nitrogens with zero attached hydrogens (tertiary/aromatic N) is 1. The minimum absolute atomic E-state index is 0. The maximum Gasteiger partial charge on any atom is 0.251 e. The molecule has 1 aliphatic rings. The molecule has 0 saturated heterocycles. The summed E-state index contributed by atoms with van der Waals surface area (Å²) in [7, 11) is 0. The number of nitrogens with one attached hydrogen (secondary N) is 1.